The highest BCUT2D eigenvalue weighted by Gasteiger charge is 2.27. The van der Waals surface area contributed by atoms with Crippen molar-refractivity contribution in [3.05, 3.63) is 42.0 Å². The normalized spacial score (nSPS) is 21.6. The topological polar surface area (TPSA) is 76.2 Å². The van der Waals surface area contributed by atoms with E-state index in [4.69, 9.17) is 9.47 Å². The summed E-state index contributed by atoms with van der Waals surface area (Å²) in [5, 5.41) is 0. The van der Waals surface area contributed by atoms with Crippen molar-refractivity contribution < 1.29 is 23.9 Å². The molecule has 2 aliphatic rings. The molecule has 0 aromatic heterocycles. The zero-order valence-corrected chi connectivity index (χ0v) is 16.3. The molecule has 2 amide bonds. The molecule has 1 fully saturated rings. The van der Waals surface area contributed by atoms with Gasteiger partial charge in [-0.2, -0.15) is 0 Å². The Kier molecular flexibility index (Phi) is 6.14. The van der Waals surface area contributed by atoms with Crippen LogP contribution in [-0.4, -0.2) is 61.1 Å². The molecule has 3 rings (SSSR count). The molecule has 7 nitrogen and oxygen atoms in total. The number of anilines is 1. The van der Waals surface area contributed by atoms with E-state index in [9.17, 15) is 14.4 Å². The fourth-order valence-electron chi connectivity index (χ4n) is 3.75. The van der Waals surface area contributed by atoms with Crippen LogP contribution in [0.1, 0.15) is 36.2 Å². The van der Waals surface area contributed by atoms with E-state index in [0.717, 1.165) is 24.1 Å². The molecule has 0 spiro atoms. The average molecular weight is 386 g/mol. The van der Waals surface area contributed by atoms with Gasteiger partial charge in [-0.1, -0.05) is 6.58 Å². The van der Waals surface area contributed by atoms with Gasteiger partial charge in [-0.05, 0) is 56.5 Å². The predicted octanol–water partition coefficient (Wildman–Crippen LogP) is 1.94. The fraction of sp³-hybridized carbons (Fsp3) is 0.476. The largest absolute Gasteiger partial charge is 0.452 e. The first-order valence-corrected chi connectivity index (χ1v) is 9.56. The maximum Gasteiger partial charge on any atom is 0.338 e. The minimum Gasteiger partial charge on any atom is -0.452 e. The van der Waals surface area contributed by atoms with Gasteiger partial charge in [0.05, 0.1) is 17.8 Å². The zero-order valence-electron chi connectivity index (χ0n) is 16.3. The Morgan fingerprint density at radius 1 is 1.25 bits per heavy atom. The highest BCUT2D eigenvalue weighted by Crippen LogP contribution is 2.28. The van der Waals surface area contributed by atoms with Crippen molar-refractivity contribution in [2.24, 2.45) is 0 Å². The molecule has 0 N–H and O–H groups in total. The second kappa shape index (κ2) is 8.56. The van der Waals surface area contributed by atoms with Gasteiger partial charge >= 0.3 is 5.97 Å². The third-order valence-electron chi connectivity index (χ3n) is 4.97. The van der Waals surface area contributed by atoms with E-state index in [0.29, 0.717) is 25.2 Å². The van der Waals surface area contributed by atoms with Crippen LogP contribution in [0.3, 0.4) is 0 Å². The number of morpholine rings is 1. The molecule has 28 heavy (non-hydrogen) atoms. The highest BCUT2D eigenvalue weighted by molar-refractivity contribution is 6.02. The SMILES string of the molecule is C=CC(=O)N1CCCc2cc(C(=O)OCC(=O)N3CC(C)OC(C)C3)ccc21. The van der Waals surface area contributed by atoms with Gasteiger partial charge in [0.2, 0.25) is 5.91 Å². The van der Waals surface area contributed by atoms with Gasteiger partial charge in [0.15, 0.2) is 6.61 Å². The number of carbonyl (C=O) groups excluding carboxylic acids is 3. The van der Waals surface area contributed by atoms with E-state index < -0.39 is 5.97 Å². The summed E-state index contributed by atoms with van der Waals surface area (Å²) >= 11 is 0. The lowest BCUT2D eigenvalue weighted by molar-refractivity contribution is -0.146. The monoisotopic (exact) mass is 386 g/mol. The summed E-state index contributed by atoms with van der Waals surface area (Å²) in [5.74, 6) is -0.926. The quantitative estimate of drug-likeness (QED) is 0.584. The molecule has 2 aliphatic heterocycles. The van der Waals surface area contributed by atoms with Gasteiger partial charge in [0.1, 0.15) is 0 Å². The molecule has 2 heterocycles. The van der Waals surface area contributed by atoms with Crippen LogP contribution in [0.2, 0.25) is 0 Å². The van der Waals surface area contributed by atoms with Crippen molar-refractivity contribution in [2.45, 2.75) is 38.9 Å². The molecule has 150 valence electrons. The molecular weight excluding hydrogens is 360 g/mol. The summed E-state index contributed by atoms with van der Waals surface area (Å²) < 4.78 is 10.8. The van der Waals surface area contributed by atoms with E-state index in [2.05, 4.69) is 6.58 Å². The molecule has 0 aliphatic carbocycles. The molecule has 0 bridgehead atoms. The van der Waals surface area contributed by atoms with Crippen LogP contribution < -0.4 is 4.90 Å². The summed E-state index contributed by atoms with van der Waals surface area (Å²) in [6.07, 6.45) is 2.81. The Balaban J connectivity index is 1.63. The summed E-state index contributed by atoms with van der Waals surface area (Å²) in [6.45, 7) is 8.68. The fourth-order valence-corrected chi connectivity index (χ4v) is 3.75. The van der Waals surface area contributed by atoms with Gasteiger partial charge in [0.25, 0.3) is 5.91 Å². The summed E-state index contributed by atoms with van der Waals surface area (Å²) in [4.78, 5) is 40.1. The number of hydrogen-bond donors (Lipinski definition) is 0. The van der Waals surface area contributed by atoms with E-state index in [1.807, 2.05) is 13.8 Å². The lowest BCUT2D eigenvalue weighted by atomic mass is 9.99. The van der Waals surface area contributed by atoms with Crippen LogP contribution in [0, 0.1) is 0 Å². The Hall–Kier alpha value is -2.67. The van der Waals surface area contributed by atoms with Crippen molar-refractivity contribution in [3.63, 3.8) is 0 Å². The number of amides is 2. The van der Waals surface area contributed by atoms with E-state index in [-0.39, 0.29) is 30.6 Å². The molecule has 1 saturated heterocycles. The molecule has 2 atom stereocenters. The van der Waals surface area contributed by atoms with Crippen molar-refractivity contribution >= 4 is 23.5 Å². The van der Waals surface area contributed by atoms with Crippen LogP contribution in [0.5, 0.6) is 0 Å². The van der Waals surface area contributed by atoms with E-state index >= 15 is 0 Å². The lowest BCUT2D eigenvalue weighted by Gasteiger charge is -2.35. The number of esters is 1. The van der Waals surface area contributed by atoms with Crippen LogP contribution >= 0.6 is 0 Å². The maximum absolute atomic E-state index is 12.4. The third-order valence-corrected chi connectivity index (χ3v) is 4.97. The minimum atomic E-state index is -0.544. The lowest BCUT2D eigenvalue weighted by Crippen LogP contribution is -2.49. The summed E-state index contributed by atoms with van der Waals surface area (Å²) in [5.41, 5.74) is 2.08. The zero-order chi connectivity index (χ0) is 20.3. The first-order chi connectivity index (χ1) is 13.4. The third kappa shape index (κ3) is 4.42. The van der Waals surface area contributed by atoms with E-state index in [1.165, 1.54) is 6.08 Å². The number of rotatable bonds is 4. The second-order valence-electron chi connectivity index (χ2n) is 7.27. The van der Waals surface area contributed by atoms with Crippen molar-refractivity contribution in [1.82, 2.24) is 4.90 Å². The van der Waals surface area contributed by atoms with Crippen LogP contribution in [0.4, 0.5) is 5.69 Å². The Labute approximate surface area is 164 Å². The summed E-state index contributed by atoms with van der Waals surface area (Å²) in [6, 6.07) is 5.11. The molecule has 0 radical (unpaired) electrons. The van der Waals surface area contributed by atoms with Gasteiger partial charge in [-0.25, -0.2) is 4.79 Å². The van der Waals surface area contributed by atoms with Crippen LogP contribution in [0.15, 0.2) is 30.9 Å². The van der Waals surface area contributed by atoms with Crippen LogP contribution in [0.25, 0.3) is 0 Å². The summed E-state index contributed by atoms with van der Waals surface area (Å²) in [7, 11) is 0. The smallest absolute Gasteiger partial charge is 0.338 e. The van der Waals surface area contributed by atoms with Crippen molar-refractivity contribution in [3.8, 4) is 0 Å². The van der Waals surface area contributed by atoms with Gasteiger partial charge in [0, 0.05) is 25.3 Å². The van der Waals surface area contributed by atoms with Gasteiger partial charge in [-0.15, -0.1) is 0 Å². The molecule has 1 aromatic rings. The van der Waals surface area contributed by atoms with Crippen molar-refractivity contribution in [1.29, 1.82) is 0 Å². The predicted molar refractivity (Wildman–Crippen MR) is 104 cm³/mol. The number of aryl methyl sites for hydroxylation is 1. The number of nitrogens with zero attached hydrogens (tertiary/aromatic N) is 2. The van der Waals surface area contributed by atoms with Crippen LogP contribution in [-0.2, 0) is 25.5 Å². The molecule has 2 unspecified atom stereocenters. The minimum absolute atomic E-state index is 0.0368. The molecule has 7 heteroatoms. The highest BCUT2D eigenvalue weighted by atomic mass is 16.5. The Morgan fingerprint density at radius 2 is 1.96 bits per heavy atom. The Bertz CT molecular complexity index is 781. The van der Waals surface area contributed by atoms with Gasteiger partial charge in [-0.3, -0.25) is 9.59 Å². The molecule has 1 aromatic carbocycles. The average Bonchev–Trinajstić information content (AvgIpc) is 2.69. The first-order valence-electron chi connectivity index (χ1n) is 9.56. The number of ether oxygens (including phenoxy) is 2. The standard InChI is InChI=1S/C21H26N2O5/c1-4-19(24)23-9-5-6-16-10-17(7-8-18(16)23)21(26)27-13-20(25)22-11-14(2)28-15(3)12-22/h4,7-8,10,14-15H,1,5-6,9,11-13H2,2-3H3. The molecule has 0 saturated carbocycles. The molecular formula is C21H26N2O5. The van der Waals surface area contributed by atoms with Gasteiger partial charge < -0.3 is 19.3 Å². The van der Waals surface area contributed by atoms with Crippen molar-refractivity contribution in [2.75, 3.05) is 31.1 Å². The second-order valence-corrected chi connectivity index (χ2v) is 7.27. The number of benzene rings is 1. The number of carbonyl (C=O) groups is 3. The Morgan fingerprint density at radius 3 is 2.64 bits per heavy atom. The first kappa shape index (κ1) is 20.1. The number of hydrogen-bond acceptors (Lipinski definition) is 5. The maximum atomic E-state index is 12.4. The van der Waals surface area contributed by atoms with E-state index in [1.54, 1.807) is 28.0 Å². The number of fused-ring (bicyclic) bond motifs is 1.